The first-order valence-corrected chi connectivity index (χ1v) is 29.8. The number of hydrogen-bond acceptors (Lipinski definition) is 5. The zero-order chi connectivity index (χ0) is 50.6. The predicted octanol–water partition coefficient (Wildman–Crippen LogP) is 20.6. The van der Waals surface area contributed by atoms with Gasteiger partial charge in [0.05, 0.1) is 6.61 Å². The third-order valence-electron chi connectivity index (χ3n) is 12.6. The number of allylic oxidation sites excluding steroid dienone is 16. The largest absolute Gasteiger partial charge is 0.462 e. The topological polar surface area (TPSA) is 61.8 Å². The van der Waals surface area contributed by atoms with E-state index in [-0.39, 0.29) is 25.2 Å². The molecular weight excluding hydrogens is 861 g/mol. The van der Waals surface area contributed by atoms with Crippen molar-refractivity contribution in [3.63, 3.8) is 0 Å². The first-order chi connectivity index (χ1) is 34.6. The van der Waals surface area contributed by atoms with E-state index in [1.807, 2.05) is 0 Å². The van der Waals surface area contributed by atoms with Crippen LogP contribution in [0.5, 0.6) is 0 Å². The molecule has 0 aliphatic carbocycles. The minimum Gasteiger partial charge on any atom is -0.462 e. The Morgan fingerprint density at radius 3 is 1.07 bits per heavy atom. The summed E-state index contributed by atoms with van der Waals surface area (Å²) in [5.41, 5.74) is 0. The molecule has 5 nitrogen and oxygen atoms in total. The molecule has 402 valence electrons. The van der Waals surface area contributed by atoms with Gasteiger partial charge in [-0.25, -0.2) is 0 Å². The Bertz CT molecular complexity index is 1330. The molecule has 0 saturated heterocycles. The zero-order valence-electron chi connectivity index (χ0n) is 46.3. The molecule has 1 unspecified atom stereocenters. The molecular formula is C65H112O5. The number of carbonyl (C=O) groups is 2. The average Bonchev–Trinajstić information content (AvgIpc) is 3.36. The Hall–Kier alpha value is -3.18. The highest BCUT2D eigenvalue weighted by molar-refractivity contribution is 5.70. The van der Waals surface area contributed by atoms with Gasteiger partial charge < -0.3 is 14.2 Å². The van der Waals surface area contributed by atoms with Gasteiger partial charge in [-0.2, -0.15) is 0 Å². The van der Waals surface area contributed by atoms with Crippen LogP contribution in [0.4, 0.5) is 0 Å². The lowest BCUT2D eigenvalue weighted by Crippen LogP contribution is -2.30. The Morgan fingerprint density at radius 1 is 0.329 bits per heavy atom. The summed E-state index contributed by atoms with van der Waals surface area (Å²) in [6, 6.07) is 0. The number of rotatable bonds is 54. The fraction of sp³-hybridized carbons (Fsp3) is 0.723. The second-order valence-electron chi connectivity index (χ2n) is 19.5. The van der Waals surface area contributed by atoms with E-state index < -0.39 is 6.10 Å². The van der Waals surface area contributed by atoms with Crippen molar-refractivity contribution < 1.29 is 23.8 Å². The molecule has 0 heterocycles. The lowest BCUT2D eigenvalue weighted by Gasteiger charge is -2.18. The van der Waals surface area contributed by atoms with E-state index >= 15 is 0 Å². The quantitative estimate of drug-likeness (QED) is 0.0345. The third kappa shape index (κ3) is 57.4. The van der Waals surface area contributed by atoms with Gasteiger partial charge in [0.15, 0.2) is 6.10 Å². The van der Waals surface area contributed by atoms with E-state index in [0.717, 1.165) is 103 Å². The van der Waals surface area contributed by atoms with E-state index in [0.29, 0.717) is 19.4 Å². The van der Waals surface area contributed by atoms with Gasteiger partial charge in [-0.1, -0.05) is 240 Å². The van der Waals surface area contributed by atoms with Crippen molar-refractivity contribution in [3.05, 3.63) is 97.2 Å². The Morgan fingerprint density at radius 2 is 0.643 bits per heavy atom. The molecule has 0 spiro atoms. The molecule has 0 aromatic heterocycles. The first-order valence-electron chi connectivity index (χ1n) is 29.8. The maximum Gasteiger partial charge on any atom is 0.306 e. The highest BCUT2D eigenvalue weighted by atomic mass is 16.6. The molecule has 1 atom stereocenters. The summed E-state index contributed by atoms with van der Waals surface area (Å²) < 4.78 is 17.5. The van der Waals surface area contributed by atoms with Crippen LogP contribution in [0.2, 0.25) is 0 Å². The van der Waals surface area contributed by atoms with Crippen LogP contribution in [0.3, 0.4) is 0 Å². The Kier molecular flexibility index (Phi) is 57.4. The van der Waals surface area contributed by atoms with Crippen molar-refractivity contribution in [2.75, 3.05) is 19.8 Å². The summed E-state index contributed by atoms with van der Waals surface area (Å²) in [6.07, 6.45) is 81.4. The molecule has 0 aromatic carbocycles. The van der Waals surface area contributed by atoms with Crippen LogP contribution in [0.25, 0.3) is 0 Å². The SMILES string of the molecule is CC/C=C\C/C=C\C/C=C\C/C=C\C/C=C\CCCCCCOCC(COC(=O)CCCCCCCCCCC/C=C\C/C=C\CCCCC)OC(=O)CCCCCCC/C=C\CCCCCCCC. The van der Waals surface area contributed by atoms with E-state index in [2.05, 4.69) is 118 Å². The number of carbonyl (C=O) groups excluding carboxylic acids is 2. The summed E-state index contributed by atoms with van der Waals surface area (Å²) in [4.78, 5) is 25.6. The minimum absolute atomic E-state index is 0.0656. The molecule has 5 heteroatoms. The van der Waals surface area contributed by atoms with Crippen LogP contribution in [0.15, 0.2) is 97.2 Å². The van der Waals surface area contributed by atoms with Crippen LogP contribution in [0, 0.1) is 0 Å². The second kappa shape index (κ2) is 60.1. The highest BCUT2D eigenvalue weighted by Crippen LogP contribution is 2.14. The predicted molar refractivity (Wildman–Crippen MR) is 306 cm³/mol. The van der Waals surface area contributed by atoms with Crippen LogP contribution in [-0.4, -0.2) is 37.9 Å². The second-order valence-corrected chi connectivity index (χ2v) is 19.5. The summed E-state index contributed by atoms with van der Waals surface area (Å²) in [7, 11) is 0. The molecule has 0 saturated carbocycles. The number of unbranched alkanes of at least 4 members (excludes halogenated alkanes) is 27. The van der Waals surface area contributed by atoms with E-state index in [9.17, 15) is 9.59 Å². The molecule has 0 rings (SSSR count). The highest BCUT2D eigenvalue weighted by Gasteiger charge is 2.17. The fourth-order valence-electron chi connectivity index (χ4n) is 8.15. The summed E-state index contributed by atoms with van der Waals surface area (Å²) in [5, 5.41) is 0. The lowest BCUT2D eigenvalue weighted by atomic mass is 10.1. The van der Waals surface area contributed by atoms with E-state index in [1.165, 1.54) is 141 Å². The fourth-order valence-corrected chi connectivity index (χ4v) is 8.15. The van der Waals surface area contributed by atoms with Gasteiger partial charge >= 0.3 is 11.9 Å². The Balaban J connectivity index is 4.34. The summed E-state index contributed by atoms with van der Waals surface area (Å²) in [5.74, 6) is -0.423. The number of ether oxygens (including phenoxy) is 3. The molecule has 0 bridgehead atoms. The average molecular weight is 974 g/mol. The first kappa shape index (κ1) is 66.8. The molecule has 0 amide bonds. The van der Waals surface area contributed by atoms with Gasteiger partial charge in [0.2, 0.25) is 0 Å². The van der Waals surface area contributed by atoms with Crippen LogP contribution in [-0.2, 0) is 23.8 Å². The molecule has 0 aromatic rings. The van der Waals surface area contributed by atoms with Crippen molar-refractivity contribution >= 4 is 11.9 Å². The summed E-state index contributed by atoms with van der Waals surface area (Å²) in [6.45, 7) is 7.64. The van der Waals surface area contributed by atoms with Gasteiger partial charge in [0, 0.05) is 19.4 Å². The lowest BCUT2D eigenvalue weighted by molar-refractivity contribution is -0.163. The van der Waals surface area contributed by atoms with Gasteiger partial charge in [-0.3, -0.25) is 9.59 Å². The summed E-state index contributed by atoms with van der Waals surface area (Å²) >= 11 is 0. The zero-order valence-corrected chi connectivity index (χ0v) is 46.3. The molecule has 0 radical (unpaired) electrons. The van der Waals surface area contributed by atoms with Crippen molar-refractivity contribution in [2.24, 2.45) is 0 Å². The Labute approximate surface area is 434 Å². The molecule has 70 heavy (non-hydrogen) atoms. The molecule has 0 aliphatic rings. The van der Waals surface area contributed by atoms with Crippen molar-refractivity contribution in [1.82, 2.24) is 0 Å². The standard InChI is InChI=1S/C65H112O5/c1-4-7-10-13-16-19-22-25-28-30-32-34-36-39-42-45-48-51-54-57-60-68-61-63(70-65(67)59-56-53-50-47-44-41-37-27-24-21-18-15-12-9-6-3)62-69-64(66)58-55-52-49-46-43-40-38-35-33-31-29-26-23-20-17-14-11-8-5-2/h7,10,16-17,19-20,25-29,32,34,37,39,42,63H,4-6,8-9,11-15,18,21-24,30-31,33,35-36,38,40-41,43-62H2,1-3H3/b10-7-,19-16-,20-17-,28-25-,29-26-,34-32-,37-27-,42-39-. The number of esters is 2. The van der Waals surface area contributed by atoms with Gasteiger partial charge in [0.1, 0.15) is 6.61 Å². The van der Waals surface area contributed by atoms with E-state index in [4.69, 9.17) is 14.2 Å². The smallest absolute Gasteiger partial charge is 0.306 e. The monoisotopic (exact) mass is 973 g/mol. The van der Waals surface area contributed by atoms with Crippen LogP contribution < -0.4 is 0 Å². The number of hydrogen-bond donors (Lipinski definition) is 0. The van der Waals surface area contributed by atoms with Crippen molar-refractivity contribution in [2.45, 2.75) is 284 Å². The minimum atomic E-state index is -0.562. The molecule has 0 aliphatic heterocycles. The normalized spacial score (nSPS) is 12.9. The van der Waals surface area contributed by atoms with Gasteiger partial charge in [-0.15, -0.1) is 0 Å². The maximum atomic E-state index is 12.9. The van der Waals surface area contributed by atoms with Crippen molar-refractivity contribution in [1.29, 1.82) is 0 Å². The third-order valence-corrected chi connectivity index (χ3v) is 12.6. The molecule has 0 N–H and O–H groups in total. The van der Waals surface area contributed by atoms with Crippen LogP contribution in [0.1, 0.15) is 278 Å². The maximum absolute atomic E-state index is 12.9. The molecule has 0 fully saturated rings. The van der Waals surface area contributed by atoms with Gasteiger partial charge in [0.25, 0.3) is 0 Å². The van der Waals surface area contributed by atoms with Gasteiger partial charge in [-0.05, 0) is 122 Å². The van der Waals surface area contributed by atoms with E-state index in [1.54, 1.807) is 0 Å². The van der Waals surface area contributed by atoms with Crippen LogP contribution >= 0.6 is 0 Å². The van der Waals surface area contributed by atoms with Crippen molar-refractivity contribution in [3.8, 4) is 0 Å².